The van der Waals surface area contributed by atoms with E-state index in [1.54, 1.807) is 61.7 Å². The second-order valence-corrected chi connectivity index (χ2v) is 4.37. The fourth-order valence-corrected chi connectivity index (χ4v) is 1.88. The number of hydrogen-bond donors (Lipinski definition) is 1. The highest BCUT2D eigenvalue weighted by Crippen LogP contribution is 2.23. The molecule has 4 heteroatoms. The number of rotatable bonds is 4. The van der Waals surface area contributed by atoms with Crippen LogP contribution >= 0.6 is 0 Å². The van der Waals surface area contributed by atoms with Crippen LogP contribution in [0.5, 0.6) is 11.5 Å². The third-order valence-corrected chi connectivity index (χ3v) is 3.01. The van der Waals surface area contributed by atoms with Crippen molar-refractivity contribution in [2.24, 2.45) is 0 Å². The Morgan fingerprint density at radius 2 is 1.62 bits per heavy atom. The van der Waals surface area contributed by atoms with Gasteiger partial charge in [0.15, 0.2) is 0 Å². The molecule has 0 aliphatic heterocycles. The molecule has 2 aromatic rings. The SMILES string of the molecule is COC(=O)C(=Cc1ccc(O)cc1)c1ccc(OC)cc1. The van der Waals surface area contributed by atoms with Gasteiger partial charge in [-0.15, -0.1) is 0 Å². The molecule has 0 aliphatic rings. The molecule has 1 N–H and O–H groups in total. The smallest absolute Gasteiger partial charge is 0.338 e. The number of aromatic hydroxyl groups is 1. The lowest BCUT2D eigenvalue weighted by atomic mass is 10.0. The zero-order valence-electron chi connectivity index (χ0n) is 11.9. The van der Waals surface area contributed by atoms with Gasteiger partial charge in [-0.05, 0) is 41.5 Å². The average molecular weight is 284 g/mol. The first-order valence-electron chi connectivity index (χ1n) is 6.37. The normalized spacial score (nSPS) is 11.0. The van der Waals surface area contributed by atoms with Gasteiger partial charge in [0.25, 0.3) is 0 Å². The first-order valence-corrected chi connectivity index (χ1v) is 6.37. The molecule has 0 spiro atoms. The van der Waals surface area contributed by atoms with Crippen LogP contribution in [0.4, 0.5) is 0 Å². The van der Waals surface area contributed by atoms with Gasteiger partial charge in [-0.1, -0.05) is 24.3 Å². The molecule has 0 saturated carbocycles. The number of ether oxygens (including phenoxy) is 2. The Kier molecular flexibility index (Phi) is 4.61. The molecule has 0 unspecified atom stereocenters. The molecule has 0 atom stereocenters. The van der Waals surface area contributed by atoms with Gasteiger partial charge in [0.05, 0.1) is 19.8 Å². The quantitative estimate of drug-likeness (QED) is 0.532. The van der Waals surface area contributed by atoms with Gasteiger partial charge < -0.3 is 14.6 Å². The number of phenolic OH excluding ortho intramolecular Hbond substituents is 1. The molecular weight excluding hydrogens is 268 g/mol. The molecule has 0 amide bonds. The molecule has 21 heavy (non-hydrogen) atoms. The molecular formula is C17H16O4. The topological polar surface area (TPSA) is 55.8 Å². The van der Waals surface area contributed by atoms with E-state index in [0.29, 0.717) is 11.3 Å². The van der Waals surface area contributed by atoms with E-state index in [1.807, 2.05) is 0 Å². The van der Waals surface area contributed by atoms with Gasteiger partial charge in [-0.25, -0.2) is 4.79 Å². The monoisotopic (exact) mass is 284 g/mol. The van der Waals surface area contributed by atoms with E-state index >= 15 is 0 Å². The molecule has 0 aliphatic carbocycles. The minimum absolute atomic E-state index is 0.177. The van der Waals surface area contributed by atoms with Crippen molar-refractivity contribution in [3.8, 4) is 11.5 Å². The first kappa shape index (κ1) is 14.7. The number of carbonyl (C=O) groups is 1. The molecule has 4 nitrogen and oxygen atoms in total. The second kappa shape index (κ2) is 6.61. The van der Waals surface area contributed by atoms with Gasteiger partial charge in [-0.2, -0.15) is 0 Å². The Hall–Kier alpha value is -2.75. The average Bonchev–Trinajstić information content (AvgIpc) is 2.54. The van der Waals surface area contributed by atoms with Crippen LogP contribution < -0.4 is 4.74 Å². The fraction of sp³-hybridized carbons (Fsp3) is 0.118. The predicted molar refractivity (Wildman–Crippen MR) is 81.0 cm³/mol. The lowest BCUT2D eigenvalue weighted by Crippen LogP contribution is -2.03. The van der Waals surface area contributed by atoms with Gasteiger partial charge in [0.1, 0.15) is 11.5 Å². The Labute approximate surface area is 123 Å². The Morgan fingerprint density at radius 3 is 2.14 bits per heavy atom. The summed E-state index contributed by atoms with van der Waals surface area (Å²) in [5.74, 6) is 0.469. The van der Waals surface area contributed by atoms with Crippen LogP contribution in [-0.4, -0.2) is 25.3 Å². The molecule has 0 heterocycles. The van der Waals surface area contributed by atoms with Gasteiger partial charge in [0.2, 0.25) is 0 Å². The number of benzene rings is 2. The maximum absolute atomic E-state index is 12.0. The zero-order chi connectivity index (χ0) is 15.2. The summed E-state index contributed by atoms with van der Waals surface area (Å²) >= 11 is 0. The second-order valence-electron chi connectivity index (χ2n) is 4.37. The standard InChI is InChI=1S/C17H16O4/c1-20-15-9-5-13(6-10-15)16(17(19)21-2)11-12-3-7-14(18)8-4-12/h3-11,18H,1-2H3. The summed E-state index contributed by atoms with van der Waals surface area (Å²) in [6.07, 6.45) is 1.72. The Balaban J connectivity index is 2.42. The van der Waals surface area contributed by atoms with Crippen molar-refractivity contribution in [2.45, 2.75) is 0 Å². The number of carbonyl (C=O) groups excluding carboxylic acids is 1. The van der Waals surface area contributed by atoms with Gasteiger partial charge >= 0.3 is 5.97 Å². The highest BCUT2D eigenvalue weighted by Gasteiger charge is 2.12. The maximum atomic E-state index is 12.0. The summed E-state index contributed by atoms with van der Waals surface area (Å²) in [4.78, 5) is 12.0. The molecule has 0 fully saturated rings. The van der Waals surface area contributed by atoms with E-state index in [-0.39, 0.29) is 5.75 Å². The van der Waals surface area contributed by atoms with Crippen LogP contribution in [0, 0.1) is 0 Å². The first-order chi connectivity index (χ1) is 10.1. The van der Waals surface area contributed by atoms with E-state index in [1.165, 1.54) is 7.11 Å². The van der Waals surface area contributed by atoms with Crippen molar-refractivity contribution >= 4 is 17.6 Å². The lowest BCUT2D eigenvalue weighted by molar-refractivity contribution is -0.133. The molecule has 0 bridgehead atoms. The van der Waals surface area contributed by atoms with Crippen LogP contribution in [0.2, 0.25) is 0 Å². The summed E-state index contributed by atoms with van der Waals surface area (Å²) in [5, 5.41) is 9.29. The zero-order valence-corrected chi connectivity index (χ0v) is 11.9. The fourth-order valence-electron chi connectivity index (χ4n) is 1.88. The van der Waals surface area contributed by atoms with Crippen molar-refractivity contribution in [3.63, 3.8) is 0 Å². The molecule has 0 saturated heterocycles. The summed E-state index contributed by atoms with van der Waals surface area (Å²) in [5.41, 5.74) is 1.96. The minimum atomic E-state index is -0.423. The third-order valence-electron chi connectivity index (χ3n) is 3.01. The van der Waals surface area contributed by atoms with Gasteiger partial charge in [0, 0.05) is 0 Å². The van der Waals surface area contributed by atoms with Gasteiger partial charge in [-0.3, -0.25) is 0 Å². The van der Waals surface area contributed by atoms with E-state index < -0.39 is 5.97 Å². The maximum Gasteiger partial charge on any atom is 0.338 e. The summed E-state index contributed by atoms with van der Waals surface area (Å²) in [7, 11) is 2.93. The number of esters is 1. The molecule has 108 valence electrons. The molecule has 2 rings (SSSR count). The number of methoxy groups -OCH3 is 2. The summed E-state index contributed by atoms with van der Waals surface area (Å²) < 4.78 is 9.94. The van der Waals surface area contributed by atoms with Crippen molar-refractivity contribution in [1.82, 2.24) is 0 Å². The molecule has 2 aromatic carbocycles. The number of phenols is 1. The molecule has 0 radical (unpaired) electrons. The van der Waals surface area contributed by atoms with E-state index in [4.69, 9.17) is 9.47 Å². The highest BCUT2D eigenvalue weighted by atomic mass is 16.5. The predicted octanol–water partition coefficient (Wildman–Crippen LogP) is 3.11. The Morgan fingerprint density at radius 1 is 1.00 bits per heavy atom. The summed E-state index contributed by atoms with van der Waals surface area (Å²) in [6, 6.07) is 13.7. The third kappa shape index (κ3) is 3.63. The lowest BCUT2D eigenvalue weighted by Gasteiger charge is -2.07. The van der Waals surface area contributed by atoms with Crippen LogP contribution in [0.25, 0.3) is 11.6 Å². The Bertz CT molecular complexity index is 639. The van der Waals surface area contributed by atoms with Crippen molar-refractivity contribution in [2.75, 3.05) is 14.2 Å². The van der Waals surface area contributed by atoms with Crippen LogP contribution in [-0.2, 0) is 9.53 Å². The van der Waals surface area contributed by atoms with Crippen molar-refractivity contribution in [1.29, 1.82) is 0 Å². The van der Waals surface area contributed by atoms with E-state index in [9.17, 15) is 9.90 Å². The van der Waals surface area contributed by atoms with Crippen LogP contribution in [0.3, 0.4) is 0 Å². The summed E-state index contributed by atoms with van der Waals surface area (Å²) in [6.45, 7) is 0. The van der Waals surface area contributed by atoms with E-state index in [0.717, 1.165) is 11.1 Å². The van der Waals surface area contributed by atoms with E-state index in [2.05, 4.69) is 0 Å². The largest absolute Gasteiger partial charge is 0.508 e. The van der Waals surface area contributed by atoms with Crippen molar-refractivity contribution < 1.29 is 19.4 Å². The number of hydrogen-bond acceptors (Lipinski definition) is 4. The minimum Gasteiger partial charge on any atom is -0.508 e. The van der Waals surface area contributed by atoms with Crippen molar-refractivity contribution in [3.05, 3.63) is 59.7 Å². The molecule has 0 aromatic heterocycles. The highest BCUT2D eigenvalue weighted by molar-refractivity contribution is 6.21. The van der Waals surface area contributed by atoms with Crippen LogP contribution in [0.15, 0.2) is 48.5 Å². The van der Waals surface area contributed by atoms with Crippen LogP contribution in [0.1, 0.15) is 11.1 Å².